The number of carbonyl (C=O) groups is 2. The summed E-state index contributed by atoms with van der Waals surface area (Å²) < 4.78 is 1.98. The summed E-state index contributed by atoms with van der Waals surface area (Å²) in [4.78, 5) is 42.3. The van der Waals surface area contributed by atoms with Gasteiger partial charge in [0.05, 0.1) is 11.1 Å². The molecule has 0 unspecified atom stereocenters. The van der Waals surface area contributed by atoms with Crippen LogP contribution in [0.15, 0.2) is 73.2 Å². The molecule has 0 atom stereocenters. The molecule has 3 heterocycles. The molecule has 0 radical (unpaired) electrons. The van der Waals surface area contributed by atoms with E-state index in [2.05, 4.69) is 31.8 Å². The fraction of sp³-hybridized carbons (Fsp3) is 0.133. The van der Waals surface area contributed by atoms with Gasteiger partial charge in [0.25, 0.3) is 5.91 Å². The van der Waals surface area contributed by atoms with Gasteiger partial charge in [-0.05, 0) is 61.7 Å². The van der Waals surface area contributed by atoms with Crippen molar-refractivity contribution in [3.8, 4) is 22.4 Å². The molecule has 3 aromatic heterocycles. The zero-order valence-corrected chi connectivity index (χ0v) is 22.1. The number of hydrogen-bond donors (Lipinski definition) is 2. The highest BCUT2D eigenvalue weighted by Gasteiger charge is 2.24. The van der Waals surface area contributed by atoms with Gasteiger partial charge in [-0.15, -0.1) is 0 Å². The van der Waals surface area contributed by atoms with Crippen molar-refractivity contribution < 1.29 is 9.59 Å². The molecule has 5 rings (SSSR count). The molecular weight excluding hydrogens is 490 g/mol. The minimum Gasteiger partial charge on any atom is -0.383 e. The lowest BCUT2D eigenvalue weighted by atomic mass is 9.93. The first kappa shape index (κ1) is 25.5. The van der Waals surface area contributed by atoms with Crippen molar-refractivity contribution in [1.82, 2.24) is 24.5 Å². The maximum Gasteiger partial charge on any atom is 0.250 e. The van der Waals surface area contributed by atoms with Crippen molar-refractivity contribution in [2.24, 2.45) is 7.05 Å². The zero-order chi connectivity index (χ0) is 27.8. The van der Waals surface area contributed by atoms with Gasteiger partial charge in [-0.2, -0.15) is 0 Å². The number of nitrogens with one attached hydrogen (secondary N) is 1. The largest absolute Gasteiger partial charge is 0.383 e. The van der Waals surface area contributed by atoms with E-state index in [1.807, 2.05) is 61.9 Å². The minimum atomic E-state index is -0.248. The van der Waals surface area contributed by atoms with Crippen molar-refractivity contribution in [2.45, 2.75) is 20.8 Å². The van der Waals surface area contributed by atoms with Crippen LogP contribution in [0.4, 0.5) is 11.5 Å². The molecule has 39 heavy (non-hydrogen) atoms. The topological polar surface area (TPSA) is 129 Å². The number of carbonyl (C=O) groups excluding carboxylic acids is 2. The van der Waals surface area contributed by atoms with E-state index >= 15 is 0 Å². The molecule has 3 N–H and O–H groups in total. The van der Waals surface area contributed by atoms with Gasteiger partial charge in [-0.25, -0.2) is 19.9 Å². The molecule has 0 saturated heterocycles. The Bertz CT molecular complexity index is 1790. The molecule has 5 aromatic rings. The highest BCUT2D eigenvalue weighted by atomic mass is 16.1. The Morgan fingerprint density at radius 1 is 1.00 bits per heavy atom. The highest BCUT2D eigenvalue weighted by Crippen LogP contribution is 2.43. The molecule has 0 saturated carbocycles. The van der Waals surface area contributed by atoms with Crippen LogP contribution in [0.3, 0.4) is 0 Å². The van der Waals surface area contributed by atoms with Crippen molar-refractivity contribution in [2.75, 3.05) is 11.1 Å². The smallest absolute Gasteiger partial charge is 0.250 e. The number of ketones is 1. The van der Waals surface area contributed by atoms with Gasteiger partial charge in [0.2, 0.25) is 11.6 Å². The molecule has 1 amide bonds. The second-order valence-electron chi connectivity index (χ2n) is 9.43. The Labute approximate surface area is 225 Å². The maximum atomic E-state index is 13.1. The Kier molecular flexibility index (Phi) is 6.49. The summed E-state index contributed by atoms with van der Waals surface area (Å²) in [6, 6.07) is 14.8. The zero-order valence-electron chi connectivity index (χ0n) is 22.1. The Balaban J connectivity index is 1.64. The van der Waals surface area contributed by atoms with Crippen LogP contribution in [-0.2, 0) is 11.8 Å². The first-order valence-corrected chi connectivity index (χ1v) is 12.3. The van der Waals surface area contributed by atoms with Gasteiger partial charge in [0, 0.05) is 41.3 Å². The number of rotatable bonds is 6. The normalized spacial score (nSPS) is 11.0. The second-order valence-corrected chi connectivity index (χ2v) is 9.43. The number of benzene rings is 2. The highest BCUT2D eigenvalue weighted by molar-refractivity contribution is 6.10. The summed E-state index contributed by atoms with van der Waals surface area (Å²) in [5.41, 5.74) is 13.8. The number of aryl methyl sites for hydroxylation is 3. The maximum absolute atomic E-state index is 13.1. The molecule has 0 bridgehead atoms. The molecule has 0 aliphatic carbocycles. The Morgan fingerprint density at radius 3 is 2.41 bits per heavy atom. The van der Waals surface area contributed by atoms with Gasteiger partial charge in [0.15, 0.2) is 0 Å². The molecule has 0 aliphatic heterocycles. The lowest BCUT2D eigenvalue weighted by Crippen LogP contribution is -2.11. The molecule has 9 nitrogen and oxygen atoms in total. The number of anilines is 2. The average Bonchev–Trinajstić information content (AvgIpc) is 3.21. The first-order chi connectivity index (χ1) is 18.7. The number of aromatic nitrogens is 5. The number of amides is 1. The molecule has 9 heteroatoms. The summed E-state index contributed by atoms with van der Waals surface area (Å²) in [5, 5.41) is 3.55. The van der Waals surface area contributed by atoms with Crippen molar-refractivity contribution in [3.05, 3.63) is 95.9 Å². The standard InChI is InChI=1S/C30H27N7O2/c1-16(2)30(39)36-21-9-6-19(7-10-21)25-23(24-27(31)33-15-34-29(24)37(25)5)22-11-8-20(14-17(22)3)26(38)28-32-13-12-18(4)35-28/h6-15H,1H2,2-5H3,(H,36,39)(H2,31,33,34). The first-order valence-electron chi connectivity index (χ1n) is 12.3. The van der Waals surface area contributed by atoms with Crippen LogP contribution >= 0.6 is 0 Å². The second kappa shape index (κ2) is 9.94. The van der Waals surface area contributed by atoms with Crippen molar-refractivity contribution in [3.63, 3.8) is 0 Å². The molecule has 0 spiro atoms. The van der Waals surface area contributed by atoms with Crippen LogP contribution in [0, 0.1) is 13.8 Å². The van der Waals surface area contributed by atoms with Gasteiger partial charge in [-0.3, -0.25) is 9.59 Å². The number of nitrogens with zero attached hydrogens (tertiary/aromatic N) is 5. The summed E-state index contributed by atoms with van der Waals surface area (Å²) in [7, 11) is 1.92. The number of nitrogens with two attached hydrogens (primary N) is 1. The summed E-state index contributed by atoms with van der Waals surface area (Å²) >= 11 is 0. The van der Waals surface area contributed by atoms with E-state index in [0.29, 0.717) is 28.3 Å². The lowest BCUT2D eigenvalue weighted by Gasteiger charge is -2.13. The van der Waals surface area contributed by atoms with Crippen LogP contribution in [0.2, 0.25) is 0 Å². The summed E-state index contributed by atoms with van der Waals surface area (Å²) in [6.45, 7) is 9.11. The van der Waals surface area contributed by atoms with E-state index in [-0.39, 0.29) is 17.5 Å². The van der Waals surface area contributed by atoms with Gasteiger partial charge >= 0.3 is 0 Å². The van der Waals surface area contributed by atoms with E-state index in [1.54, 1.807) is 25.3 Å². The van der Waals surface area contributed by atoms with E-state index < -0.39 is 0 Å². The van der Waals surface area contributed by atoms with Gasteiger partial charge in [-0.1, -0.05) is 30.8 Å². The fourth-order valence-corrected chi connectivity index (χ4v) is 4.60. The van der Waals surface area contributed by atoms with Crippen LogP contribution < -0.4 is 11.1 Å². The van der Waals surface area contributed by atoms with Crippen molar-refractivity contribution in [1.29, 1.82) is 0 Å². The van der Waals surface area contributed by atoms with Crippen LogP contribution in [-0.4, -0.2) is 36.2 Å². The predicted octanol–water partition coefficient (Wildman–Crippen LogP) is 5.04. The van der Waals surface area contributed by atoms with Gasteiger partial charge < -0.3 is 15.6 Å². The van der Waals surface area contributed by atoms with Crippen LogP contribution in [0.25, 0.3) is 33.4 Å². The quantitative estimate of drug-likeness (QED) is 0.239. The van der Waals surface area contributed by atoms with E-state index in [1.165, 1.54) is 6.33 Å². The number of nitrogen functional groups attached to an aromatic ring is 1. The van der Waals surface area contributed by atoms with Crippen LogP contribution in [0.1, 0.15) is 34.4 Å². The third kappa shape index (κ3) is 4.66. The molecule has 0 fully saturated rings. The van der Waals surface area contributed by atoms with Gasteiger partial charge in [0.1, 0.15) is 17.8 Å². The molecule has 2 aromatic carbocycles. The minimum absolute atomic E-state index is 0.157. The van der Waals surface area contributed by atoms with Crippen molar-refractivity contribution >= 4 is 34.2 Å². The summed E-state index contributed by atoms with van der Waals surface area (Å²) in [5.74, 6) is 0.0264. The Hall–Kier alpha value is -5.18. The average molecular weight is 518 g/mol. The molecule has 0 aliphatic rings. The third-order valence-electron chi connectivity index (χ3n) is 6.56. The Morgan fingerprint density at radius 2 is 1.74 bits per heavy atom. The molecular formula is C30H27N7O2. The monoisotopic (exact) mass is 517 g/mol. The van der Waals surface area contributed by atoms with Crippen LogP contribution in [0.5, 0.6) is 0 Å². The number of fused-ring (bicyclic) bond motifs is 1. The lowest BCUT2D eigenvalue weighted by molar-refractivity contribution is -0.112. The predicted molar refractivity (Wildman–Crippen MR) is 152 cm³/mol. The fourth-order valence-electron chi connectivity index (χ4n) is 4.60. The summed E-state index contributed by atoms with van der Waals surface area (Å²) in [6.07, 6.45) is 3.02. The van der Waals surface area contributed by atoms with E-state index in [9.17, 15) is 9.59 Å². The number of hydrogen-bond acceptors (Lipinski definition) is 7. The SMILES string of the molecule is C=C(C)C(=O)Nc1ccc(-c2c(-c3ccc(C(=O)c4nccc(C)n4)cc3C)c3c(N)ncnc3n2C)cc1. The van der Waals surface area contributed by atoms with E-state index in [0.717, 1.165) is 39.0 Å². The van der Waals surface area contributed by atoms with E-state index in [4.69, 9.17) is 5.73 Å². The molecule has 194 valence electrons. The third-order valence-corrected chi connectivity index (χ3v) is 6.56.